The highest BCUT2D eigenvalue weighted by Gasteiger charge is 2.36. The Labute approximate surface area is 185 Å². The van der Waals surface area contributed by atoms with Crippen molar-refractivity contribution in [2.24, 2.45) is 5.10 Å². The van der Waals surface area contributed by atoms with Gasteiger partial charge in [0.05, 0.1) is 31.4 Å². The molecule has 1 unspecified atom stereocenters. The average Bonchev–Trinajstić information content (AvgIpc) is 3.43. The number of sulfonamides is 1. The lowest BCUT2D eigenvalue weighted by molar-refractivity contribution is 0.0676. The quantitative estimate of drug-likeness (QED) is 0.588. The molecule has 1 aliphatic rings. The number of rotatable bonds is 6. The highest BCUT2D eigenvalue weighted by atomic mass is 32.2. The van der Waals surface area contributed by atoms with Crippen molar-refractivity contribution in [3.05, 3.63) is 77.7 Å². The number of phenolic OH excluding ortho intramolecular Hbond substituents is 1. The van der Waals surface area contributed by atoms with Crippen molar-refractivity contribution in [1.29, 1.82) is 0 Å². The van der Waals surface area contributed by atoms with Crippen molar-refractivity contribution in [3.63, 3.8) is 0 Å². The Hall–Kier alpha value is -3.79. The predicted molar refractivity (Wildman–Crippen MR) is 118 cm³/mol. The lowest BCUT2D eigenvalue weighted by atomic mass is 9.97. The summed E-state index contributed by atoms with van der Waals surface area (Å²) in [6.45, 7) is 0. The van der Waals surface area contributed by atoms with Crippen LogP contribution in [0.2, 0.25) is 0 Å². The molecule has 0 saturated carbocycles. The molecule has 4 rings (SSSR count). The number of ether oxygens (including phenoxy) is 1. The number of amides is 1. The number of benzene rings is 2. The fourth-order valence-corrected chi connectivity index (χ4v) is 4.11. The van der Waals surface area contributed by atoms with E-state index in [1.54, 1.807) is 54.6 Å². The topological polar surface area (TPSA) is 121 Å². The number of hydrogen-bond donors (Lipinski definition) is 2. The second-order valence-corrected chi connectivity index (χ2v) is 8.99. The molecule has 2 N–H and O–H groups in total. The summed E-state index contributed by atoms with van der Waals surface area (Å²) in [4.78, 5) is 13.1. The summed E-state index contributed by atoms with van der Waals surface area (Å²) >= 11 is 0. The number of carbonyl (C=O) groups excluding carboxylic acids is 1. The largest absolute Gasteiger partial charge is 0.504 e. The number of nitrogens with zero attached hydrogens (tertiary/aromatic N) is 2. The molecule has 1 aromatic heterocycles. The molecular formula is C22H21N3O6S. The van der Waals surface area contributed by atoms with Crippen LogP contribution in [-0.2, 0) is 10.0 Å². The second-order valence-electron chi connectivity index (χ2n) is 7.24. The minimum Gasteiger partial charge on any atom is -0.504 e. The molecule has 2 aromatic carbocycles. The van der Waals surface area contributed by atoms with Crippen LogP contribution in [0, 0.1) is 0 Å². The number of methoxy groups -OCH3 is 1. The zero-order chi connectivity index (χ0) is 22.9. The van der Waals surface area contributed by atoms with E-state index in [0.717, 1.165) is 6.26 Å². The van der Waals surface area contributed by atoms with E-state index in [4.69, 9.17) is 9.15 Å². The maximum absolute atomic E-state index is 13.1. The molecule has 0 fully saturated rings. The molecule has 0 radical (unpaired) electrons. The Morgan fingerprint density at radius 1 is 1.19 bits per heavy atom. The Kier molecular flexibility index (Phi) is 5.62. The molecule has 166 valence electrons. The van der Waals surface area contributed by atoms with E-state index in [1.807, 2.05) is 0 Å². The summed E-state index contributed by atoms with van der Waals surface area (Å²) in [5, 5.41) is 16.5. The zero-order valence-corrected chi connectivity index (χ0v) is 18.2. The van der Waals surface area contributed by atoms with Gasteiger partial charge < -0.3 is 14.3 Å². The number of carbonyl (C=O) groups is 1. The van der Waals surface area contributed by atoms with Gasteiger partial charge in [-0.3, -0.25) is 9.52 Å². The van der Waals surface area contributed by atoms with Crippen molar-refractivity contribution in [2.75, 3.05) is 18.1 Å². The number of nitrogens with one attached hydrogen (secondary N) is 1. The zero-order valence-electron chi connectivity index (χ0n) is 17.3. The van der Waals surface area contributed by atoms with E-state index < -0.39 is 22.0 Å². The van der Waals surface area contributed by atoms with Gasteiger partial charge in [0.1, 0.15) is 0 Å². The molecule has 32 heavy (non-hydrogen) atoms. The van der Waals surface area contributed by atoms with Crippen LogP contribution in [0.25, 0.3) is 0 Å². The van der Waals surface area contributed by atoms with Crippen LogP contribution in [0.15, 0.2) is 70.4 Å². The van der Waals surface area contributed by atoms with Crippen LogP contribution in [-0.4, -0.2) is 43.5 Å². The van der Waals surface area contributed by atoms with Crippen molar-refractivity contribution >= 4 is 27.3 Å². The van der Waals surface area contributed by atoms with Gasteiger partial charge in [0.25, 0.3) is 0 Å². The number of aromatic hydroxyl groups is 1. The van der Waals surface area contributed by atoms with E-state index in [1.165, 1.54) is 18.4 Å². The maximum Gasteiger partial charge on any atom is 0.310 e. The van der Waals surface area contributed by atoms with Crippen molar-refractivity contribution in [3.8, 4) is 11.5 Å². The second kappa shape index (κ2) is 8.39. The predicted octanol–water partition coefficient (Wildman–Crippen LogP) is 3.36. The minimum atomic E-state index is -3.39. The number of anilines is 1. The number of hydrazone groups is 1. The average molecular weight is 455 g/mol. The summed E-state index contributed by atoms with van der Waals surface area (Å²) in [6.07, 6.45) is 2.80. The van der Waals surface area contributed by atoms with Crippen LogP contribution in [0.5, 0.6) is 11.5 Å². The third-order valence-electron chi connectivity index (χ3n) is 4.98. The van der Waals surface area contributed by atoms with Crippen LogP contribution < -0.4 is 9.46 Å². The summed E-state index contributed by atoms with van der Waals surface area (Å²) in [5.74, 6) is -0.110. The highest BCUT2D eigenvalue weighted by Crippen LogP contribution is 2.41. The van der Waals surface area contributed by atoms with Gasteiger partial charge in [-0.05, 0) is 35.9 Å². The molecule has 3 aromatic rings. The highest BCUT2D eigenvalue weighted by molar-refractivity contribution is 7.92. The monoisotopic (exact) mass is 455 g/mol. The smallest absolute Gasteiger partial charge is 0.310 e. The first-order chi connectivity index (χ1) is 15.3. The Balaban J connectivity index is 1.70. The fraction of sp³-hybridized carbons (Fsp3) is 0.182. The number of para-hydroxylation sites is 1. The third-order valence-corrected chi connectivity index (χ3v) is 5.59. The molecule has 10 heteroatoms. The van der Waals surface area contributed by atoms with Crippen molar-refractivity contribution in [1.82, 2.24) is 5.01 Å². The Morgan fingerprint density at radius 2 is 1.94 bits per heavy atom. The molecule has 0 aliphatic carbocycles. The first-order valence-electron chi connectivity index (χ1n) is 9.65. The van der Waals surface area contributed by atoms with Crippen LogP contribution in [0.3, 0.4) is 0 Å². The summed E-state index contributed by atoms with van der Waals surface area (Å²) in [6, 6.07) is 14.3. The standard InChI is InChI=1S/C22H21N3O6S/c1-30-19-6-3-5-16(21(19)26)18-13-17(23-25(18)22(27)20-7-4-12-31-20)14-8-10-15(11-9-14)24-32(2,28)29/h3-12,18,24,26H,13H2,1-2H3. The van der Waals surface area contributed by atoms with Crippen LogP contribution in [0.4, 0.5) is 5.69 Å². The van der Waals surface area contributed by atoms with Gasteiger partial charge in [0, 0.05) is 17.7 Å². The van der Waals surface area contributed by atoms with Gasteiger partial charge in [0.2, 0.25) is 10.0 Å². The molecule has 0 spiro atoms. The van der Waals surface area contributed by atoms with E-state index in [-0.39, 0.29) is 17.3 Å². The van der Waals surface area contributed by atoms with Gasteiger partial charge in [-0.2, -0.15) is 5.10 Å². The SMILES string of the molecule is COc1cccc(C2CC(c3ccc(NS(C)(=O)=O)cc3)=NN2C(=O)c2ccco2)c1O. The number of hydrogen-bond acceptors (Lipinski definition) is 7. The van der Waals surface area contributed by atoms with Crippen molar-refractivity contribution < 1.29 is 27.5 Å². The first-order valence-corrected chi connectivity index (χ1v) is 11.5. The number of phenols is 1. The van der Waals surface area contributed by atoms with E-state index in [2.05, 4.69) is 9.82 Å². The third kappa shape index (κ3) is 4.30. The molecule has 1 amide bonds. The van der Waals surface area contributed by atoms with Gasteiger partial charge in [0.15, 0.2) is 17.3 Å². The molecule has 1 aliphatic heterocycles. The molecule has 9 nitrogen and oxygen atoms in total. The summed E-state index contributed by atoms with van der Waals surface area (Å²) < 4.78 is 35.7. The van der Waals surface area contributed by atoms with Crippen LogP contribution >= 0.6 is 0 Å². The first kappa shape index (κ1) is 21.4. The van der Waals surface area contributed by atoms with Gasteiger partial charge in [-0.15, -0.1) is 0 Å². The molecule has 2 heterocycles. The fourth-order valence-electron chi connectivity index (χ4n) is 3.55. The molecular weight excluding hydrogens is 434 g/mol. The van der Waals surface area contributed by atoms with E-state index in [9.17, 15) is 18.3 Å². The van der Waals surface area contributed by atoms with E-state index in [0.29, 0.717) is 28.9 Å². The molecule has 1 atom stereocenters. The van der Waals surface area contributed by atoms with Crippen LogP contribution in [0.1, 0.15) is 34.1 Å². The maximum atomic E-state index is 13.1. The number of furan rings is 1. The normalized spacial score (nSPS) is 16.0. The van der Waals surface area contributed by atoms with Gasteiger partial charge >= 0.3 is 5.91 Å². The summed E-state index contributed by atoms with van der Waals surface area (Å²) in [7, 11) is -1.94. The van der Waals surface area contributed by atoms with Gasteiger partial charge in [-0.25, -0.2) is 13.4 Å². The lowest BCUT2D eigenvalue weighted by Gasteiger charge is -2.22. The Morgan fingerprint density at radius 3 is 2.56 bits per heavy atom. The van der Waals surface area contributed by atoms with E-state index >= 15 is 0 Å². The Bertz CT molecular complexity index is 1270. The lowest BCUT2D eigenvalue weighted by Crippen LogP contribution is -2.26. The minimum absolute atomic E-state index is 0.0682. The van der Waals surface area contributed by atoms with Gasteiger partial charge in [-0.1, -0.05) is 24.3 Å². The summed E-state index contributed by atoms with van der Waals surface area (Å²) in [5.41, 5.74) is 2.22. The van der Waals surface area contributed by atoms with Crippen molar-refractivity contribution in [2.45, 2.75) is 12.5 Å². The molecule has 0 saturated heterocycles. The molecule has 0 bridgehead atoms.